The quantitative estimate of drug-likeness (QED) is 0.450. The fourth-order valence-corrected chi connectivity index (χ4v) is 1.94. The molecule has 0 aromatic carbocycles. The summed E-state index contributed by atoms with van der Waals surface area (Å²) in [5.41, 5.74) is 0. The zero-order chi connectivity index (χ0) is 12.6. The lowest BCUT2D eigenvalue weighted by atomic mass is 10.8. The Labute approximate surface area is 103 Å². The molecule has 0 rings (SSSR count). The highest BCUT2D eigenvalue weighted by molar-refractivity contribution is 7.81. The maximum Gasteiger partial charge on any atom is 0.592 e. The molecule has 0 aliphatic heterocycles. The highest BCUT2D eigenvalue weighted by Gasteiger charge is 2.34. The number of phosphoric ester groups is 1. The van der Waals surface area contributed by atoms with Crippen LogP contribution >= 0.6 is 33.1 Å². The summed E-state index contributed by atoms with van der Waals surface area (Å²) in [4.78, 5) is 21.7. The van der Waals surface area contributed by atoms with Gasteiger partial charge in [-0.25, -0.2) is 4.57 Å². The van der Waals surface area contributed by atoms with Gasteiger partial charge < -0.3 is 14.2 Å². The molecule has 0 aliphatic rings. The van der Waals surface area contributed by atoms with Crippen LogP contribution in [0, 0.1) is 0 Å². The molecule has 0 unspecified atom stereocenters. The Balaban J connectivity index is 4.53. The smallest absolute Gasteiger partial charge is 0.394 e. The Kier molecular flexibility index (Phi) is 7.86. The fourth-order valence-electron chi connectivity index (χ4n) is 0.531. The van der Waals surface area contributed by atoms with Gasteiger partial charge in [0.05, 0.1) is 24.7 Å². The van der Waals surface area contributed by atoms with Crippen molar-refractivity contribution in [3.8, 4) is 0 Å². The maximum absolute atomic E-state index is 11.6. The first-order valence-electron chi connectivity index (χ1n) is 3.99. The second-order valence-electron chi connectivity index (χ2n) is 2.25. The normalized spacial score (nSPS) is 10.9. The molecule has 1 N–H and O–H groups in total. The highest BCUT2D eigenvalue weighted by atomic mass is 32.1. The number of aliphatic hydroxyl groups excluding tert-OH is 1. The molecule has 0 spiro atoms. The zero-order valence-electron chi connectivity index (χ0n) is 8.07. The number of rotatable bonds is 7. The van der Waals surface area contributed by atoms with Crippen LogP contribution in [0.4, 0.5) is 0 Å². The molecule has 0 heterocycles. The van der Waals surface area contributed by atoms with Crippen LogP contribution in [0.25, 0.3) is 0 Å². The number of carbonyl (C=O) groups excluding carboxylic acids is 2. The average Bonchev–Trinajstić information content (AvgIpc) is 2.25. The fraction of sp³-hybridized carbons (Fsp3) is 0.667. The first-order chi connectivity index (χ1) is 7.47. The lowest BCUT2D eigenvalue weighted by Crippen LogP contribution is -2.13. The molecule has 0 aromatic rings. The second-order valence-corrected chi connectivity index (χ2v) is 4.40. The number of phosphoric acid groups is 1. The molecule has 0 atom stereocenters. The molecular weight excluding hydrogens is 279 g/mol. The van der Waals surface area contributed by atoms with E-state index in [0.29, 0.717) is 0 Å². The van der Waals surface area contributed by atoms with Gasteiger partial charge in [-0.15, -0.1) is 0 Å². The molecule has 0 amide bonds. The van der Waals surface area contributed by atoms with Crippen molar-refractivity contribution in [3.05, 3.63) is 0 Å². The first kappa shape index (κ1) is 15.8. The molecule has 0 aromatic heterocycles. The zero-order valence-corrected chi connectivity index (χ0v) is 10.8. The SMILES string of the molecule is O=C(CS)OP(=O)(OCCO)OC(=O)CS. The van der Waals surface area contributed by atoms with Crippen molar-refractivity contribution in [2.45, 2.75) is 0 Å². The lowest BCUT2D eigenvalue weighted by Gasteiger charge is -2.15. The Hall–Kier alpha value is -0.210. The van der Waals surface area contributed by atoms with Crippen molar-refractivity contribution in [2.24, 2.45) is 0 Å². The number of carbonyl (C=O) groups is 2. The maximum atomic E-state index is 11.6. The topological polar surface area (TPSA) is 99.1 Å². The molecule has 0 saturated heterocycles. The molecule has 0 fully saturated rings. The van der Waals surface area contributed by atoms with Crippen molar-refractivity contribution >= 4 is 45.0 Å². The molecule has 7 nitrogen and oxygen atoms in total. The van der Waals surface area contributed by atoms with E-state index in [1.165, 1.54) is 0 Å². The molecule has 10 heteroatoms. The van der Waals surface area contributed by atoms with Gasteiger partial charge in [-0.05, 0) is 0 Å². The molecule has 0 saturated carbocycles. The van der Waals surface area contributed by atoms with E-state index in [-0.39, 0.29) is 11.5 Å². The van der Waals surface area contributed by atoms with Crippen LogP contribution in [0.5, 0.6) is 0 Å². The van der Waals surface area contributed by atoms with Gasteiger partial charge in [0.25, 0.3) is 0 Å². The standard InChI is InChI=1S/C6H11O7PS2/c7-1-2-11-14(10,12-5(8)3-15)13-6(9)4-16/h7,15-16H,1-4H2. The van der Waals surface area contributed by atoms with Gasteiger partial charge in [-0.2, -0.15) is 25.3 Å². The molecule has 0 bridgehead atoms. The molecule has 16 heavy (non-hydrogen) atoms. The lowest BCUT2D eigenvalue weighted by molar-refractivity contribution is -0.137. The molecular formula is C6H11O7PS2. The Morgan fingerprint density at radius 1 is 1.12 bits per heavy atom. The minimum atomic E-state index is -4.34. The van der Waals surface area contributed by atoms with E-state index in [1.54, 1.807) is 0 Å². The summed E-state index contributed by atoms with van der Waals surface area (Å²) in [6.45, 7) is -0.877. The molecule has 0 radical (unpaired) electrons. The van der Waals surface area contributed by atoms with Gasteiger partial charge in [0.1, 0.15) is 0 Å². The van der Waals surface area contributed by atoms with Gasteiger partial charge in [0, 0.05) is 0 Å². The van der Waals surface area contributed by atoms with Crippen molar-refractivity contribution in [1.29, 1.82) is 0 Å². The summed E-state index contributed by atoms with van der Waals surface area (Å²) in [5.74, 6) is -2.66. The van der Waals surface area contributed by atoms with Crippen molar-refractivity contribution < 1.29 is 32.8 Å². The van der Waals surface area contributed by atoms with Crippen LogP contribution in [0.3, 0.4) is 0 Å². The van der Waals surface area contributed by atoms with E-state index in [0.717, 1.165) is 0 Å². The van der Waals surface area contributed by atoms with Crippen LogP contribution in [-0.2, 0) is 27.7 Å². The monoisotopic (exact) mass is 290 g/mol. The van der Waals surface area contributed by atoms with Gasteiger partial charge in [-0.3, -0.25) is 14.1 Å². The van der Waals surface area contributed by atoms with E-state index in [9.17, 15) is 14.2 Å². The summed E-state index contributed by atoms with van der Waals surface area (Å²) in [6.07, 6.45) is 0. The van der Waals surface area contributed by atoms with Gasteiger partial charge >= 0.3 is 19.8 Å². The van der Waals surface area contributed by atoms with Gasteiger partial charge in [0.15, 0.2) is 0 Å². The largest absolute Gasteiger partial charge is 0.592 e. The Bertz CT molecular complexity index is 273. The third-order valence-electron chi connectivity index (χ3n) is 1.03. The predicted molar refractivity (Wildman–Crippen MR) is 60.5 cm³/mol. The van der Waals surface area contributed by atoms with Crippen molar-refractivity contribution in [2.75, 3.05) is 24.7 Å². The number of hydrogen-bond donors (Lipinski definition) is 3. The van der Waals surface area contributed by atoms with Gasteiger partial charge in [-0.1, -0.05) is 0 Å². The molecule has 94 valence electrons. The summed E-state index contributed by atoms with van der Waals surface area (Å²) in [6, 6.07) is 0. The predicted octanol–water partition coefficient (Wildman–Crippen LogP) is 0.0494. The van der Waals surface area contributed by atoms with Crippen LogP contribution in [-0.4, -0.2) is 41.8 Å². The number of thiol groups is 2. The summed E-state index contributed by atoms with van der Waals surface area (Å²) in [5, 5.41) is 8.45. The number of aliphatic hydroxyl groups is 1. The van der Waals surface area contributed by atoms with E-state index in [2.05, 4.69) is 38.8 Å². The van der Waals surface area contributed by atoms with Gasteiger partial charge in [0.2, 0.25) is 0 Å². The van der Waals surface area contributed by atoms with Crippen LogP contribution in [0.1, 0.15) is 0 Å². The minimum Gasteiger partial charge on any atom is -0.394 e. The first-order valence-corrected chi connectivity index (χ1v) is 6.72. The van der Waals surface area contributed by atoms with Crippen LogP contribution in [0.2, 0.25) is 0 Å². The Morgan fingerprint density at radius 2 is 1.56 bits per heavy atom. The summed E-state index contributed by atoms with van der Waals surface area (Å²) in [7, 11) is -4.34. The minimum absolute atomic E-state index is 0.356. The van der Waals surface area contributed by atoms with Crippen molar-refractivity contribution in [3.63, 3.8) is 0 Å². The third kappa shape index (κ3) is 6.39. The van der Waals surface area contributed by atoms with E-state index >= 15 is 0 Å². The van der Waals surface area contributed by atoms with E-state index in [4.69, 9.17) is 5.11 Å². The summed E-state index contributed by atoms with van der Waals surface area (Å²) < 4.78 is 24.7. The molecule has 0 aliphatic carbocycles. The number of hydrogen-bond acceptors (Lipinski definition) is 9. The van der Waals surface area contributed by atoms with Crippen molar-refractivity contribution in [1.82, 2.24) is 0 Å². The van der Waals surface area contributed by atoms with E-state index < -0.39 is 33.0 Å². The average molecular weight is 290 g/mol. The summed E-state index contributed by atoms with van der Waals surface area (Å²) >= 11 is 7.15. The van der Waals surface area contributed by atoms with Crippen LogP contribution < -0.4 is 0 Å². The Morgan fingerprint density at radius 3 is 1.88 bits per heavy atom. The van der Waals surface area contributed by atoms with Crippen LogP contribution in [0.15, 0.2) is 0 Å². The second kappa shape index (κ2) is 7.97. The highest BCUT2D eigenvalue weighted by Crippen LogP contribution is 2.49. The van der Waals surface area contributed by atoms with E-state index in [1.807, 2.05) is 0 Å². The third-order valence-corrected chi connectivity index (χ3v) is 2.90.